The fourth-order valence-electron chi connectivity index (χ4n) is 2.38. The number of nitrogens with one attached hydrogen (secondary N) is 2. The number of hydrogen-bond acceptors (Lipinski definition) is 4. The summed E-state index contributed by atoms with van der Waals surface area (Å²) < 4.78 is 0. The number of nitrogens with zero attached hydrogens (tertiary/aromatic N) is 1. The van der Waals surface area contributed by atoms with Gasteiger partial charge in [-0.1, -0.05) is 35.5 Å². The molecule has 1 aromatic rings. The molecule has 1 saturated heterocycles. The average Bonchev–Trinajstić information content (AvgIpc) is 2.49. The first-order valence-corrected chi connectivity index (χ1v) is 6.76. The highest BCUT2D eigenvalue weighted by atomic mass is 16.4. The Kier molecular flexibility index (Phi) is 4.95. The van der Waals surface area contributed by atoms with Crippen LogP contribution < -0.4 is 16.4 Å². The summed E-state index contributed by atoms with van der Waals surface area (Å²) in [6, 6.07) is 9.32. The van der Waals surface area contributed by atoms with E-state index in [1.54, 1.807) is 0 Å². The maximum atomic E-state index is 11.8. The zero-order valence-electron chi connectivity index (χ0n) is 11.2. The standard InChI is InChI=1S/C14H20N4O2/c15-13(18-20)9-12(10-5-2-1-3-6-10)17-11-7-4-8-16-14(11)19/h1-3,5-6,11-12,17,20H,4,7-9H2,(H2,15,18)(H,16,19). The molecule has 2 unspecified atom stereocenters. The highest BCUT2D eigenvalue weighted by Gasteiger charge is 2.25. The summed E-state index contributed by atoms with van der Waals surface area (Å²) in [6.45, 7) is 0.729. The summed E-state index contributed by atoms with van der Waals surface area (Å²) in [5, 5.41) is 17.9. The van der Waals surface area contributed by atoms with E-state index in [0.717, 1.165) is 24.9 Å². The molecule has 1 aromatic carbocycles. The molecule has 1 aliphatic rings. The normalized spacial score (nSPS) is 21.3. The van der Waals surface area contributed by atoms with Crippen molar-refractivity contribution in [2.75, 3.05) is 6.54 Å². The van der Waals surface area contributed by atoms with Crippen LogP contribution in [0.25, 0.3) is 0 Å². The van der Waals surface area contributed by atoms with E-state index in [0.29, 0.717) is 6.42 Å². The quantitative estimate of drug-likeness (QED) is 0.276. The minimum absolute atomic E-state index is 0.0108. The lowest BCUT2D eigenvalue weighted by Crippen LogP contribution is -2.49. The largest absolute Gasteiger partial charge is 0.409 e. The minimum Gasteiger partial charge on any atom is -0.409 e. The molecule has 1 aliphatic heterocycles. The van der Waals surface area contributed by atoms with Gasteiger partial charge in [-0.3, -0.25) is 10.1 Å². The van der Waals surface area contributed by atoms with Crippen LogP contribution in [0.2, 0.25) is 0 Å². The highest BCUT2D eigenvalue weighted by Crippen LogP contribution is 2.19. The third-order valence-corrected chi connectivity index (χ3v) is 3.43. The molecular formula is C14H20N4O2. The number of amides is 1. The van der Waals surface area contributed by atoms with Gasteiger partial charge in [-0.2, -0.15) is 0 Å². The van der Waals surface area contributed by atoms with Crippen molar-refractivity contribution in [3.8, 4) is 0 Å². The zero-order chi connectivity index (χ0) is 14.4. The lowest BCUT2D eigenvalue weighted by atomic mass is 9.99. The predicted molar refractivity (Wildman–Crippen MR) is 76.4 cm³/mol. The number of carbonyl (C=O) groups excluding carboxylic acids is 1. The minimum atomic E-state index is -0.236. The van der Waals surface area contributed by atoms with Crippen molar-refractivity contribution in [2.45, 2.75) is 31.3 Å². The van der Waals surface area contributed by atoms with Crippen molar-refractivity contribution in [3.05, 3.63) is 35.9 Å². The number of carbonyl (C=O) groups is 1. The molecular weight excluding hydrogens is 256 g/mol. The first kappa shape index (κ1) is 14.3. The van der Waals surface area contributed by atoms with Gasteiger partial charge in [0.2, 0.25) is 5.91 Å². The zero-order valence-corrected chi connectivity index (χ0v) is 11.2. The van der Waals surface area contributed by atoms with Crippen LogP contribution in [0.15, 0.2) is 35.5 Å². The van der Waals surface area contributed by atoms with Gasteiger partial charge < -0.3 is 16.3 Å². The van der Waals surface area contributed by atoms with Gasteiger partial charge in [0.15, 0.2) is 0 Å². The van der Waals surface area contributed by atoms with Crippen molar-refractivity contribution in [1.29, 1.82) is 0 Å². The summed E-state index contributed by atoms with van der Waals surface area (Å²) in [7, 11) is 0. The van der Waals surface area contributed by atoms with Gasteiger partial charge in [-0.15, -0.1) is 0 Å². The van der Waals surface area contributed by atoms with E-state index in [2.05, 4.69) is 15.8 Å². The summed E-state index contributed by atoms with van der Waals surface area (Å²) in [4.78, 5) is 11.8. The fourth-order valence-corrected chi connectivity index (χ4v) is 2.38. The smallest absolute Gasteiger partial charge is 0.237 e. The maximum absolute atomic E-state index is 11.8. The SMILES string of the molecule is NC(CC(NC1CCCNC1=O)c1ccccc1)=NO. The molecule has 0 bridgehead atoms. The summed E-state index contributed by atoms with van der Waals surface area (Å²) in [5.41, 5.74) is 6.62. The van der Waals surface area contributed by atoms with Crippen LogP contribution in [0.1, 0.15) is 30.9 Å². The van der Waals surface area contributed by atoms with Crippen LogP contribution in [0.4, 0.5) is 0 Å². The average molecular weight is 276 g/mol. The molecule has 0 spiro atoms. The van der Waals surface area contributed by atoms with E-state index < -0.39 is 0 Å². The Hall–Kier alpha value is -2.08. The molecule has 0 saturated carbocycles. The van der Waals surface area contributed by atoms with Crippen molar-refractivity contribution in [2.24, 2.45) is 10.9 Å². The fraction of sp³-hybridized carbons (Fsp3) is 0.429. The van der Waals surface area contributed by atoms with Gasteiger partial charge in [0.05, 0.1) is 6.04 Å². The predicted octanol–water partition coefficient (Wildman–Crippen LogP) is 0.732. The molecule has 2 atom stereocenters. The summed E-state index contributed by atoms with van der Waals surface area (Å²) in [6.07, 6.45) is 2.10. The topological polar surface area (TPSA) is 99.7 Å². The van der Waals surface area contributed by atoms with Crippen LogP contribution >= 0.6 is 0 Å². The van der Waals surface area contributed by atoms with Crippen LogP contribution in [0, 0.1) is 0 Å². The summed E-state index contributed by atoms with van der Waals surface area (Å²) in [5.74, 6) is 0.152. The first-order valence-electron chi connectivity index (χ1n) is 6.76. The Labute approximate surface area is 118 Å². The molecule has 6 heteroatoms. The number of amidine groups is 1. The molecule has 0 radical (unpaired) electrons. The number of benzene rings is 1. The van der Waals surface area contributed by atoms with Gasteiger partial charge in [-0.25, -0.2) is 0 Å². The third-order valence-electron chi connectivity index (χ3n) is 3.43. The molecule has 1 amide bonds. The molecule has 108 valence electrons. The van der Waals surface area contributed by atoms with Crippen LogP contribution in [0.5, 0.6) is 0 Å². The number of nitrogens with two attached hydrogens (primary N) is 1. The Morgan fingerprint density at radius 3 is 2.90 bits per heavy atom. The second-order valence-corrected chi connectivity index (χ2v) is 4.91. The van der Waals surface area contributed by atoms with E-state index in [9.17, 15) is 4.79 Å². The molecule has 1 heterocycles. The van der Waals surface area contributed by atoms with Crippen molar-refractivity contribution < 1.29 is 10.0 Å². The highest BCUT2D eigenvalue weighted by molar-refractivity contribution is 5.83. The second kappa shape index (κ2) is 6.91. The van der Waals surface area contributed by atoms with Crippen LogP contribution in [-0.2, 0) is 4.79 Å². The van der Waals surface area contributed by atoms with E-state index in [1.165, 1.54) is 0 Å². The van der Waals surface area contributed by atoms with Gasteiger partial charge in [-0.05, 0) is 18.4 Å². The Morgan fingerprint density at radius 2 is 2.25 bits per heavy atom. The Bertz CT molecular complexity index is 475. The number of rotatable bonds is 5. The third kappa shape index (κ3) is 3.71. The van der Waals surface area contributed by atoms with E-state index in [1.807, 2.05) is 30.3 Å². The molecule has 1 fully saturated rings. The number of oxime groups is 1. The Morgan fingerprint density at radius 1 is 1.50 bits per heavy atom. The summed E-state index contributed by atoms with van der Waals surface area (Å²) >= 11 is 0. The maximum Gasteiger partial charge on any atom is 0.237 e. The second-order valence-electron chi connectivity index (χ2n) is 4.91. The molecule has 0 aliphatic carbocycles. The Balaban J connectivity index is 2.12. The van der Waals surface area contributed by atoms with E-state index >= 15 is 0 Å². The van der Waals surface area contributed by atoms with E-state index in [4.69, 9.17) is 10.9 Å². The lowest BCUT2D eigenvalue weighted by Gasteiger charge is -2.28. The molecule has 6 nitrogen and oxygen atoms in total. The monoisotopic (exact) mass is 276 g/mol. The van der Waals surface area contributed by atoms with Crippen LogP contribution in [0.3, 0.4) is 0 Å². The molecule has 20 heavy (non-hydrogen) atoms. The number of hydrogen-bond donors (Lipinski definition) is 4. The van der Waals surface area contributed by atoms with Crippen molar-refractivity contribution in [3.63, 3.8) is 0 Å². The molecule has 0 aromatic heterocycles. The first-order chi connectivity index (χ1) is 9.70. The molecule has 5 N–H and O–H groups in total. The van der Waals surface area contributed by atoms with Crippen LogP contribution in [-0.4, -0.2) is 29.5 Å². The van der Waals surface area contributed by atoms with Gasteiger partial charge in [0, 0.05) is 19.0 Å². The number of piperidine rings is 1. The van der Waals surface area contributed by atoms with Crippen molar-refractivity contribution >= 4 is 11.7 Å². The molecule has 2 rings (SSSR count). The van der Waals surface area contributed by atoms with Gasteiger partial charge in [0.25, 0.3) is 0 Å². The van der Waals surface area contributed by atoms with E-state index in [-0.39, 0.29) is 23.8 Å². The van der Waals surface area contributed by atoms with Gasteiger partial charge >= 0.3 is 0 Å². The van der Waals surface area contributed by atoms with Gasteiger partial charge in [0.1, 0.15) is 5.84 Å². The lowest BCUT2D eigenvalue weighted by molar-refractivity contribution is -0.124. The van der Waals surface area contributed by atoms with Crippen molar-refractivity contribution in [1.82, 2.24) is 10.6 Å².